The summed E-state index contributed by atoms with van der Waals surface area (Å²) in [5.74, 6) is 0.113. The summed E-state index contributed by atoms with van der Waals surface area (Å²) in [6.45, 7) is 4.40. The van der Waals surface area contributed by atoms with Crippen molar-refractivity contribution in [3.8, 4) is 0 Å². The summed E-state index contributed by atoms with van der Waals surface area (Å²) in [5.41, 5.74) is 4.96. The second-order valence-corrected chi connectivity index (χ2v) is 8.34. The Morgan fingerprint density at radius 1 is 0.933 bits per heavy atom. The fraction of sp³-hybridized carbons (Fsp3) is 0.440. The molecule has 0 aromatic heterocycles. The molecule has 5 nitrogen and oxygen atoms in total. The number of hydrogen-bond acceptors (Lipinski definition) is 3. The molecule has 2 aromatic rings. The van der Waals surface area contributed by atoms with Crippen LogP contribution in [-0.4, -0.2) is 36.3 Å². The minimum absolute atomic E-state index is 0.0117. The van der Waals surface area contributed by atoms with E-state index in [9.17, 15) is 9.59 Å². The lowest BCUT2D eigenvalue weighted by atomic mass is 10.0. The average Bonchev–Trinajstić information content (AvgIpc) is 2.91. The van der Waals surface area contributed by atoms with Crippen LogP contribution in [0.3, 0.4) is 0 Å². The molecule has 0 aliphatic carbocycles. The van der Waals surface area contributed by atoms with Crippen LogP contribution >= 0.6 is 0 Å². The number of carbonyl (C=O) groups excluding carboxylic acids is 2. The van der Waals surface area contributed by atoms with E-state index in [1.807, 2.05) is 42.2 Å². The number of anilines is 3. The lowest BCUT2D eigenvalue weighted by Gasteiger charge is -2.30. The number of piperidine rings is 1. The Hall–Kier alpha value is -2.66. The summed E-state index contributed by atoms with van der Waals surface area (Å²) in [6, 6.07) is 14.2. The van der Waals surface area contributed by atoms with E-state index in [2.05, 4.69) is 22.3 Å². The number of carbonyl (C=O) groups is 2. The quantitative estimate of drug-likeness (QED) is 0.786. The molecule has 2 aliphatic rings. The van der Waals surface area contributed by atoms with Gasteiger partial charge in [0.25, 0.3) is 0 Å². The van der Waals surface area contributed by atoms with Gasteiger partial charge in [0.2, 0.25) is 11.8 Å². The molecule has 0 spiro atoms. The molecule has 0 unspecified atom stereocenters. The third-order valence-electron chi connectivity index (χ3n) is 6.04. The number of amides is 2. The second kappa shape index (κ2) is 9.43. The zero-order valence-corrected chi connectivity index (χ0v) is 17.8. The number of fused-ring (bicyclic) bond motifs is 2. The zero-order chi connectivity index (χ0) is 20.9. The van der Waals surface area contributed by atoms with E-state index in [-0.39, 0.29) is 11.8 Å². The van der Waals surface area contributed by atoms with E-state index in [1.54, 1.807) is 0 Å². The van der Waals surface area contributed by atoms with E-state index in [1.165, 1.54) is 12.0 Å². The van der Waals surface area contributed by atoms with Gasteiger partial charge < -0.3 is 5.32 Å². The van der Waals surface area contributed by atoms with Gasteiger partial charge in [-0.2, -0.15) is 0 Å². The van der Waals surface area contributed by atoms with Crippen LogP contribution in [0.2, 0.25) is 0 Å². The number of aryl methyl sites for hydroxylation is 2. The largest absolute Gasteiger partial charge is 0.326 e. The number of benzene rings is 2. The van der Waals surface area contributed by atoms with Crippen molar-refractivity contribution in [2.75, 3.05) is 29.9 Å². The van der Waals surface area contributed by atoms with Crippen molar-refractivity contribution in [1.29, 1.82) is 0 Å². The fourth-order valence-electron chi connectivity index (χ4n) is 4.50. The summed E-state index contributed by atoms with van der Waals surface area (Å²) < 4.78 is 0. The first-order valence-electron chi connectivity index (χ1n) is 11.2. The molecular weight excluding hydrogens is 374 g/mol. The first-order valence-corrected chi connectivity index (χ1v) is 11.2. The Bertz CT molecular complexity index is 918. The normalized spacial score (nSPS) is 16.4. The number of rotatable bonds is 5. The number of nitrogens with one attached hydrogen (secondary N) is 1. The van der Waals surface area contributed by atoms with Crippen molar-refractivity contribution < 1.29 is 9.59 Å². The summed E-state index contributed by atoms with van der Waals surface area (Å²) in [4.78, 5) is 29.9. The molecule has 0 atom stereocenters. The van der Waals surface area contributed by atoms with Crippen molar-refractivity contribution in [2.24, 2.45) is 0 Å². The summed E-state index contributed by atoms with van der Waals surface area (Å²) in [7, 11) is 0. The maximum absolute atomic E-state index is 13.6. The predicted octanol–water partition coefficient (Wildman–Crippen LogP) is 4.67. The van der Waals surface area contributed by atoms with Gasteiger partial charge >= 0.3 is 0 Å². The number of nitrogens with zero attached hydrogens (tertiary/aromatic N) is 2. The van der Waals surface area contributed by atoms with E-state index in [0.717, 1.165) is 67.8 Å². The van der Waals surface area contributed by atoms with Gasteiger partial charge in [-0.15, -0.1) is 0 Å². The van der Waals surface area contributed by atoms with Crippen molar-refractivity contribution >= 4 is 28.9 Å². The lowest BCUT2D eigenvalue weighted by Crippen LogP contribution is -2.40. The van der Waals surface area contributed by atoms with Gasteiger partial charge in [0.1, 0.15) is 0 Å². The molecule has 5 heteroatoms. The van der Waals surface area contributed by atoms with Gasteiger partial charge in [0, 0.05) is 12.1 Å². The van der Waals surface area contributed by atoms with E-state index < -0.39 is 0 Å². The van der Waals surface area contributed by atoms with Crippen LogP contribution in [-0.2, 0) is 22.4 Å². The number of para-hydroxylation sites is 1. The molecule has 2 amide bonds. The van der Waals surface area contributed by atoms with E-state index >= 15 is 0 Å². The minimum atomic E-state index is 0.0117. The smallest absolute Gasteiger partial charge is 0.245 e. The predicted molar refractivity (Wildman–Crippen MR) is 121 cm³/mol. The van der Waals surface area contributed by atoms with Crippen LogP contribution in [0, 0.1) is 0 Å². The summed E-state index contributed by atoms with van der Waals surface area (Å²) >= 11 is 0. The molecule has 0 bridgehead atoms. The molecule has 2 aromatic carbocycles. The Balaban J connectivity index is 1.69. The van der Waals surface area contributed by atoms with Gasteiger partial charge in [-0.05, 0) is 74.5 Å². The molecule has 1 N–H and O–H groups in total. The van der Waals surface area contributed by atoms with Gasteiger partial charge in [-0.3, -0.25) is 19.4 Å². The minimum Gasteiger partial charge on any atom is -0.326 e. The van der Waals surface area contributed by atoms with Gasteiger partial charge in [0.05, 0.1) is 17.9 Å². The topological polar surface area (TPSA) is 52.7 Å². The molecule has 1 fully saturated rings. The average molecular weight is 406 g/mol. The Morgan fingerprint density at radius 2 is 1.67 bits per heavy atom. The summed E-state index contributed by atoms with van der Waals surface area (Å²) in [6.07, 6.45) is 6.66. The van der Waals surface area contributed by atoms with Crippen molar-refractivity contribution in [2.45, 2.75) is 51.9 Å². The van der Waals surface area contributed by atoms with Crippen molar-refractivity contribution in [1.82, 2.24) is 4.90 Å². The SMILES string of the molecule is CCCC(=O)Nc1ccc2c(c1)N(C(=O)CN1CCCCC1)c1ccccc1CC2. The van der Waals surface area contributed by atoms with Gasteiger partial charge in [-0.1, -0.05) is 37.6 Å². The van der Waals surface area contributed by atoms with Crippen molar-refractivity contribution in [3.63, 3.8) is 0 Å². The number of hydrogen-bond donors (Lipinski definition) is 1. The van der Waals surface area contributed by atoms with Crippen molar-refractivity contribution in [3.05, 3.63) is 53.6 Å². The lowest BCUT2D eigenvalue weighted by molar-refractivity contribution is -0.119. The molecule has 30 heavy (non-hydrogen) atoms. The number of likely N-dealkylation sites (tertiary alicyclic amines) is 1. The molecule has 2 heterocycles. The third-order valence-corrected chi connectivity index (χ3v) is 6.04. The van der Waals surface area contributed by atoms with Crippen LogP contribution in [0.15, 0.2) is 42.5 Å². The van der Waals surface area contributed by atoms with Crippen LogP contribution in [0.5, 0.6) is 0 Å². The first kappa shape index (κ1) is 20.6. The van der Waals surface area contributed by atoms with Crippen LogP contribution in [0.25, 0.3) is 0 Å². The van der Waals surface area contributed by atoms with Gasteiger partial charge in [0.15, 0.2) is 0 Å². The van der Waals surface area contributed by atoms with E-state index in [0.29, 0.717) is 13.0 Å². The Kier molecular flexibility index (Phi) is 6.48. The Morgan fingerprint density at radius 3 is 2.43 bits per heavy atom. The standard InChI is InChI=1S/C25H31N3O2/c1-2-8-24(29)26-21-14-13-20-12-11-19-9-4-5-10-22(19)28(23(20)17-21)25(30)18-27-15-6-3-7-16-27/h4-5,9-10,13-14,17H,2-3,6-8,11-12,15-16,18H2,1H3,(H,26,29). The highest BCUT2D eigenvalue weighted by Crippen LogP contribution is 2.37. The molecular formula is C25H31N3O2. The highest BCUT2D eigenvalue weighted by atomic mass is 16.2. The van der Waals surface area contributed by atoms with Crippen LogP contribution in [0.1, 0.15) is 50.2 Å². The molecule has 4 rings (SSSR count). The second-order valence-electron chi connectivity index (χ2n) is 8.34. The van der Waals surface area contributed by atoms with Crippen LogP contribution in [0.4, 0.5) is 17.1 Å². The fourth-order valence-corrected chi connectivity index (χ4v) is 4.50. The molecule has 158 valence electrons. The van der Waals surface area contributed by atoms with Crippen LogP contribution < -0.4 is 10.2 Å². The maximum atomic E-state index is 13.6. The first-order chi connectivity index (χ1) is 14.7. The third kappa shape index (κ3) is 4.57. The zero-order valence-electron chi connectivity index (χ0n) is 17.8. The maximum Gasteiger partial charge on any atom is 0.245 e. The highest BCUT2D eigenvalue weighted by Gasteiger charge is 2.27. The Labute approximate surface area is 179 Å². The molecule has 2 aliphatic heterocycles. The molecule has 0 radical (unpaired) electrons. The summed E-state index contributed by atoms with van der Waals surface area (Å²) in [5, 5.41) is 2.99. The van der Waals surface area contributed by atoms with Gasteiger partial charge in [-0.25, -0.2) is 0 Å². The highest BCUT2D eigenvalue weighted by molar-refractivity contribution is 6.04. The molecule has 1 saturated heterocycles. The van der Waals surface area contributed by atoms with E-state index in [4.69, 9.17) is 0 Å². The monoisotopic (exact) mass is 405 g/mol. The molecule has 0 saturated carbocycles.